The van der Waals surface area contributed by atoms with E-state index in [1.807, 2.05) is 7.05 Å². The average Bonchev–Trinajstić information content (AvgIpc) is 2.82. The predicted octanol–water partition coefficient (Wildman–Crippen LogP) is 3.24. The summed E-state index contributed by atoms with van der Waals surface area (Å²) in [5.74, 6) is -0.426. The van der Waals surface area contributed by atoms with Crippen molar-refractivity contribution < 1.29 is 9.18 Å². The standard InChI is InChI=1S/C13H15Cl2FN2O.ClH/c1-17-6-8-2-3-18(7-8)13(19)9-4-12(16)11(15)5-10(9)14;/h4-5,8,17H,2-3,6-7H2,1H3;1H. The molecule has 2 rings (SSSR count). The minimum atomic E-state index is -0.625. The van der Waals surface area contributed by atoms with Gasteiger partial charge in [0, 0.05) is 13.1 Å². The van der Waals surface area contributed by atoms with Gasteiger partial charge in [0.05, 0.1) is 15.6 Å². The summed E-state index contributed by atoms with van der Waals surface area (Å²) in [5, 5.41) is 3.21. The van der Waals surface area contributed by atoms with Crippen LogP contribution in [-0.4, -0.2) is 37.5 Å². The SMILES string of the molecule is CNCC1CCN(C(=O)c2cc(F)c(Cl)cc2Cl)C1.Cl. The highest BCUT2D eigenvalue weighted by Crippen LogP contribution is 2.27. The molecule has 1 amide bonds. The minimum absolute atomic E-state index is 0. The maximum absolute atomic E-state index is 13.4. The highest BCUT2D eigenvalue weighted by Gasteiger charge is 2.28. The summed E-state index contributed by atoms with van der Waals surface area (Å²) in [6.07, 6.45) is 0.945. The highest BCUT2D eigenvalue weighted by atomic mass is 35.5. The summed E-state index contributed by atoms with van der Waals surface area (Å²) in [5.41, 5.74) is 0.175. The molecule has 1 atom stereocenters. The fourth-order valence-electron chi connectivity index (χ4n) is 2.33. The molecule has 1 aliphatic heterocycles. The maximum Gasteiger partial charge on any atom is 0.255 e. The van der Waals surface area contributed by atoms with Gasteiger partial charge < -0.3 is 10.2 Å². The van der Waals surface area contributed by atoms with Crippen LogP contribution in [0.25, 0.3) is 0 Å². The molecule has 1 aliphatic rings. The smallest absolute Gasteiger partial charge is 0.255 e. The second-order valence-corrected chi connectivity index (χ2v) is 5.52. The topological polar surface area (TPSA) is 32.3 Å². The van der Waals surface area contributed by atoms with E-state index in [4.69, 9.17) is 23.2 Å². The van der Waals surface area contributed by atoms with Crippen LogP contribution in [0.3, 0.4) is 0 Å². The summed E-state index contributed by atoms with van der Waals surface area (Å²) in [4.78, 5) is 14.0. The van der Waals surface area contributed by atoms with Crippen molar-refractivity contribution in [2.45, 2.75) is 6.42 Å². The molecular formula is C13H16Cl3FN2O. The number of nitrogens with one attached hydrogen (secondary N) is 1. The third-order valence-electron chi connectivity index (χ3n) is 3.31. The first-order valence-electron chi connectivity index (χ1n) is 6.11. The second kappa shape index (κ2) is 7.46. The van der Waals surface area contributed by atoms with E-state index < -0.39 is 5.82 Å². The van der Waals surface area contributed by atoms with Crippen molar-refractivity contribution >= 4 is 41.5 Å². The summed E-state index contributed by atoms with van der Waals surface area (Å²) in [6.45, 7) is 2.21. The number of likely N-dealkylation sites (tertiary alicyclic amines) is 1. The Bertz CT molecular complexity index is 499. The van der Waals surface area contributed by atoms with Gasteiger partial charge in [-0.1, -0.05) is 23.2 Å². The second-order valence-electron chi connectivity index (χ2n) is 4.71. The lowest BCUT2D eigenvalue weighted by molar-refractivity contribution is 0.0787. The van der Waals surface area contributed by atoms with Crippen LogP contribution >= 0.6 is 35.6 Å². The molecule has 1 aromatic rings. The molecule has 1 unspecified atom stereocenters. The quantitative estimate of drug-likeness (QED) is 0.856. The van der Waals surface area contributed by atoms with E-state index in [9.17, 15) is 9.18 Å². The van der Waals surface area contributed by atoms with E-state index in [1.165, 1.54) is 6.07 Å². The Morgan fingerprint density at radius 3 is 2.80 bits per heavy atom. The number of halogens is 4. The Morgan fingerprint density at radius 1 is 1.45 bits per heavy atom. The fourth-order valence-corrected chi connectivity index (χ4v) is 2.79. The predicted molar refractivity (Wildman–Crippen MR) is 81.6 cm³/mol. The van der Waals surface area contributed by atoms with Crippen molar-refractivity contribution in [2.24, 2.45) is 5.92 Å². The van der Waals surface area contributed by atoms with Gasteiger partial charge in [-0.3, -0.25) is 4.79 Å². The van der Waals surface area contributed by atoms with E-state index in [2.05, 4.69) is 5.32 Å². The molecule has 0 aromatic heterocycles. The van der Waals surface area contributed by atoms with Crippen molar-refractivity contribution in [1.82, 2.24) is 10.2 Å². The summed E-state index contributed by atoms with van der Waals surface area (Å²) in [7, 11) is 1.88. The Balaban J connectivity index is 0.00000200. The van der Waals surface area contributed by atoms with Crippen LogP contribution in [0.1, 0.15) is 16.8 Å². The molecule has 0 saturated carbocycles. The van der Waals surface area contributed by atoms with Crippen LogP contribution in [0.15, 0.2) is 12.1 Å². The third-order valence-corrected chi connectivity index (χ3v) is 3.91. The molecule has 0 spiro atoms. The first kappa shape index (κ1) is 17.5. The van der Waals surface area contributed by atoms with Crippen molar-refractivity contribution in [2.75, 3.05) is 26.7 Å². The normalized spacial score (nSPS) is 18.0. The number of carbonyl (C=O) groups excluding carboxylic acids is 1. The lowest BCUT2D eigenvalue weighted by atomic mass is 10.1. The highest BCUT2D eigenvalue weighted by molar-refractivity contribution is 6.36. The van der Waals surface area contributed by atoms with Crippen LogP contribution in [0.4, 0.5) is 4.39 Å². The van der Waals surface area contributed by atoms with Crippen LogP contribution < -0.4 is 5.32 Å². The molecule has 0 bridgehead atoms. The monoisotopic (exact) mass is 340 g/mol. The van der Waals surface area contributed by atoms with Gasteiger partial charge in [-0.2, -0.15) is 0 Å². The van der Waals surface area contributed by atoms with E-state index in [1.54, 1.807) is 4.90 Å². The zero-order chi connectivity index (χ0) is 14.0. The van der Waals surface area contributed by atoms with E-state index in [0.29, 0.717) is 19.0 Å². The number of hydrogen-bond donors (Lipinski definition) is 1. The van der Waals surface area contributed by atoms with Gasteiger partial charge in [-0.15, -0.1) is 12.4 Å². The van der Waals surface area contributed by atoms with Gasteiger partial charge in [-0.25, -0.2) is 4.39 Å². The number of benzene rings is 1. The van der Waals surface area contributed by atoms with Crippen LogP contribution in [0, 0.1) is 11.7 Å². The van der Waals surface area contributed by atoms with E-state index in [0.717, 1.165) is 19.0 Å². The Labute approximate surface area is 133 Å². The number of rotatable bonds is 3. The third kappa shape index (κ3) is 3.76. The number of amides is 1. The molecule has 20 heavy (non-hydrogen) atoms. The molecular weight excluding hydrogens is 326 g/mol. The van der Waals surface area contributed by atoms with Gasteiger partial charge in [0.15, 0.2) is 0 Å². The molecule has 3 nitrogen and oxygen atoms in total. The zero-order valence-electron chi connectivity index (χ0n) is 11.0. The van der Waals surface area contributed by atoms with Gasteiger partial charge in [0.25, 0.3) is 5.91 Å². The molecule has 1 N–H and O–H groups in total. The lowest BCUT2D eigenvalue weighted by Crippen LogP contribution is -2.30. The first-order chi connectivity index (χ1) is 9.02. The number of carbonyl (C=O) groups is 1. The Kier molecular flexibility index (Phi) is 6.52. The zero-order valence-corrected chi connectivity index (χ0v) is 13.3. The first-order valence-corrected chi connectivity index (χ1v) is 6.87. The van der Waals surface area contributed by atoms with E-state index in [-0.39, 0.29) is 33.9 Å². The Hall–Kier alpha value is -0.550. The molecule has 1 heterocycles. The minimum Gasteiger partial charge on any atom is -0.338 e. The average molecular weight is 342 g/mol. The molecule has 112 valence electrons. The van der Waals surface area contributed by atoms with Crippen LogP contribution in [0.5, 0.6) is 0 Å². The number of nitrogens with zero attached hydrogens (tertiary/aromatic N) is 1. The largest absolute Gasteiger partial charge is 0.338 e. The lowest BCUT2D eigenvalue weighted by Gasteiger charge is -2.17. The van der Waals surface area contributed by atoms with Crippen molar-refractivity contribution in [3.63, 3.8) is 0 Å². The van der Waals surface area contributed by atoms with Crippen molar-refractivity contribution in [3.8, 4) is 0 Å². The van der Waals surface area contributed by atoms with Crippen molar-refractivity contribution in [1.29, 1.82) is 0 Å². The van der Waals surface area contributed by atoms with Gasteiger partial charge in [0.2, 0.25) is 0 Å². The van der Waals surface area contributed by atoms with Gasteiger partial charge in [0.1, 0.15) is 5.82 Å². The Morgan fingerprint density at radius 2 is 2.15 bits per heavy atom. The maximum atomic E-state index is 13.4. The van der Waals surface area contributed by atoms with Crippen molar-refractivity contribution in [3.05, 3.63) is 33.6 Å². The fraction of sp³-hybridized carbons (Fsp3) is 0.462. The van der Waals surface area contributed by atoms with Gasteiger partial charge in [-0.05, 0) is 38.1 Å². The molecule has 1 saturated heterocycles. The molecule has 0 aliphatic carbocycles. The van der Waals surface area contributed by atoms with Crippen LogP contribution in [-0.2, 0) is 0 Å². The molecule has 0 radical (unpaired) electrons. The number of hydrogen-bond acceptors (Lipinski definition) is 2. The summed E-state index contributed by atoms with van der Waals surface area (Å²) in [6, 6.07) is 2.38. The molecule has 1 fully saturated rings. The van der Waals surface area contributed by atoms with Crippen LogP contribution in [0.2, 0.25) is 10.0 Å². The summed E-state index contributed by atoms with van der Waals surface area (Å²) >= 11 is 11.6. The summed E-state index contributed by atoms with van der Waals surface area (Å²) < 4.78 is 13.4. The van der Waals surface area contributed by atoms with Gasteiger partial charge >= 0.3 is 0 Å². The van der Waals surface area contributed by atoms with E-state index >= 15 is 0 Å². The molecule has 1 aromatic carbocycles. The molecule has 7 heteroatoms.